The summed E-state index contributed by atoms with van der Waals surface area (Å²) in [6.45, 7) is 5.54. The number of guanidine groups is 1. The van der Waals surface area contributed by atoms with Gasteiger partial charge in [-0.15, -0.1) is 11.3 Å². The Hall–Kier alpha value is -2.45. The molecule has 0 bridgehead atoms. The van der Waals surface area contributed by atoms with E-state index in [2.05, 4.69) is 37.7 Å². The molecule has 0 amide bonds. The molecule has 7 nitrogen and oxygen atoms in total. The van der Waals surface area contributed by atoms with E-state index in [1.807, 2.05) is 31.2 Å². The van der Waals surface area contributed by atoms with Gasteiger partial charge in [0.05, 0.1) is 10.7 Å². The lowest BCUT2D eigenvalue weighted by Crippen LogP contribution is -2.39. The van der Waals surface area contributed by atoms with E-state index in [0.717, 1.165) is 35.2 Å². The average molecular weight is 419 g/mol. The molecule has 2 N–H and O–H groups in total. The van der Waals surface area contributed by atoms with E-state index in [4.69, 9.17) is 16.1 Å². The van der Waals surface area contributed by atoms with Gasteiger partial charge >= 0.3 is 0 Å². The molecule has 3 aromatic rings. The quantitative estimate of drug-likeness (QED) is 0.451. The van der Waals surface area contributed by atoms with Crippen LogP contribution in [-0.4, -0.2) is 41.2 Å². The Labute approximate surface area is 173 Å². The van der Waals surface area contributed by atoms with Crippen molar-refractivity contribution < 1.29 is 4.52 Å². The SMILES string of the molecule is CN=C(NCCc1nc(-c2cccc(Cl)c2)no1)NCCc1nc(C)c(C)s1. The van der Waals surface area contributed by atoms with Gasteiger partial charge in [0.25, 0.3) is 0 Å². The largest absolute Gasteiger partial charge is 0.356 e. The molecular weight excluding hydrogens is 396 g/mol. The number of aromatic nitrogens is 3. The van der Waals surface area contributed by atoms with Crippen LogP contribution in [0.4, 0.5) is 0 Å². The molecule has 0 aliphatic rings. The maximum atomic E-state index is 6.01. The molecular formula is C19H23ClN6OS. The first-order valence-corrected chi connectivity index (χ1v) is 10.2. The molecule has 0 radical (unpaired) electrons. The number of rotatable bonds is 7. The first-order chi connectivity index (χ1) is 13.5. The minimum atomic E-state index is 0.536. The number of thiazole rings is 1. The zero-order chi connectivity index (χ0) is 19.9. The summed E-state index contributed by atoms with van der Waals surface area (Å²) in [4.78, 5) is 14.5. The van der Waals surface area contributed by atoms with Crippen molar-refractivity contribution in [1.82, 2.24) is 25.8 Å². The Balaban J connectivity index is 1.43. The Morgan fingerprint density at radius 3 is 2.64 bits per heavy atom. The van der Waals surface area contributed by atoms with Crippen LogP contribution in [0.3, 0.4) is 0 Å². The van der Waals surface area contributed by atoms with Gasteiger partial charge in [-0.05, 0) is 26.0 Å². The molecule has 3 rings (SSSR count). The first kappa shape index (κ1) is 20.3. The highest BCUT2D eigenvalue weighted by atomic mass is 35.5. The summed E-state index contributed by atoms with van der Waals surface area (Å²) in [5.41, 5.74) is 1.94. The summed E-state index contributed by atoms with van der Waals surface area (Å²) in [7, 11) is 1.75. The van der Waals surface area contributed by atoms with Gasteiger partial charge in [-0.1, -0.05) is 28.9 Å². The third kappa shape index (κ3) is 5.53. The summed E-state index contributed by atoms with van der Waals surface area (Å²) in [6.07, 6.45) is 1.46. The van der Waals surface area contributed by atoms with E-state index in [1.165, 1.54) is 4.88 Å². The smallest absolute Gasteiger partial charge is 0.228 e. The molecule has 0 aliphatic carbocycles. The molecule has 0 spiro atoms. The molecule has 9 heteroatoms. The van der Waals surface area contributed by atoms with E-state index in [1.54, 1.807) is 18.4 Å². The van der Waals surface area contributed by atoms with Crippen LogP contribution in [0.2, 0.25) is 5.02 Å². The fourth-order valence-corrected chi connectivity index (χ4v) is 3.67. The standard InChI is InChI=1S/C19H23ClN6OS/c1-12-13(2)28-17(24-12)8-10-23-19(21-3)22-9-7-16-25-18(26-27-16)14-5-4-6-15(20)11-14/h4-6,11H,7-10H2,1-3H3,(H2,21,22,23). The van der Waals surface area contributed by atoms with E-state index in [9.17, 15) is 0 Å². The number of nitrogens with one attached hydrogen (secondary N) is 2. The third-order valence-electron chi connectivity index (χ3n) is 4.11. The summed E-state index contributed by atoms with van der Waals surface area (Å²) >= 11 is 7.75. The predicted molar refractivity (Wildman–Crippen MR) is 113 cm³/mol. The summed E-state index contributed by atoms with van der Waals surface area (Å²) in [5, 5.41) is 12.3. The van der Waals surface area contributed by atoms with Crippen molar-refractivity contribution in [3.05, 3.63) is 50.8 Å². The number of aliphatic imine (C=N–C) groups is 1. The van der Waals surface area contributed by atoms with Gasteiger partial charge < -0.3 is 15.2 Å². The van der Waals surface area contributed by atoms with Gasteiger partial charge in [0.2, 0.25) is 11.7 Å². The average Bonchev–Trinajstić information content (AvgIpc) is 3.27. The Bertz CT molecular complexity index is 932. The maximum Gasteiger partial charge on any atom is 0.228 e. The lowest BCUT2D eigenvalue weighted by Gasteiger charge is -2.10. The molecule has 2 heterocycles. The van der Waals surface area contributed by atoms with Crippen molar-refractivity contribution in [2.75, 3.05) is 20.1 Å². The molecule has 0 unspecified atom stereocenters. The minimum absolute atomic E-state index is 0.536. The first-order valence-electron chi connectivity index (χ1n) is 9.01. The summed E-state index contributed by atoms with van der Waals surface area (Å²) < 4.78 is 5.32. The fourth-order valence-electron chi connectivity index (χ4n) is 2.54. The topological polar surface area (TPSA) is 88.2 Å². The lowest BCUT2D eigenvalue weighted by molar-refractivity contribution is 0.378. The second kappa shape index (κ2) is 9.66. The van der Waals surface area contributed by atoms with Crippen molar-refractivity contribution in [2.45, 2.75) is 26.7 Å². The van der Waals surface area contributed by atoms with Crippen LogP contribution in [0.5, 0.6) is 0 Å². The van der Waals surface area contributed by atoms with Gasteiger partial charge in [-0.2, -0.15) is 4.98 Å². The van der Waals surface area contributed by atoms with Crippen LogP contribution in [-0.2, 0) is 12.8 Å². The van der Waals surface area contributed by atoms with Crippen LogP contribution in [0.25, 0.3) is 11.4 Å². The maximum absolute atomic E-state index is 6.01. The van der Waals surface area contributed by atoms with Gasteiger partial charge in [-0.25, -0.2) is 4.98 Å². The molecule has 0 saturated carbocycles. The number of aryl methyl sites for hydroxylation is 2. The second-order valence-corrected chi connectivity index (χ2v) is 7.92. The number of nitrogens with zero attached hydrogens (tertiary/aromatic N) is 4. The Kier molecular flexibility index (Phi) is 7.00. The minimum Gasteiger partial charge on any atom is -0.356 e. The van der Waals surface area contributed by atoms with Crippen LogP contribution in [0.1, 0.15) is 21.5 Å². The molecule has 2 aromatic heterocycles. The molecule has 148 valence electrons. The zero-order valence-corrected chi connectivity index (χ0v) is 17.7. The van der Waals surface area contributed by atoms with Gasteiger partial charge in [0.15, 0.2) is 5.96 Å². The van der Waals surface area contributed by atoms with Gasteiger partial charge in [0.1, 0.15) is 0 Å². The highest BCUT2D eigenvalue weighted by molar-refractivity contribution is 7.11. The van der Waals surface area contributed by atoms with E-state index >= 15 is 0 Å². The van der Waals surface area contributed by atoms with Crippen molar-refractivity contribution in [2.24, 2.45) is 4.99 Å². The van der Waals surface area contributed by atoms with Crippen LogP contribution in [0.15, 0.2) is 33.8 Å². The molecule has 28 heavy (non-hydrogen) atoms. The predicted octanol–water partition coefficient (Wildman–Crippen LogP) is 3.41. The summed E-state index contributed by atoms with van der Waals surface area (Å²) in [5.74, 6) is 1.83. The normalized spacial score (nSPS) is 11.6. The van der Waals surface area contributed by atoms with Crippen LogP contribution < -0.4 is 10.6 Å². The van der Waals surface area contributed by atoms with Crippen molar-refractivity contribution in [3.63, 3.8) is 0 Å². The third-order valence-corrected chi connectivity index (χ3v) is 5.48. The monoisotopic (exact) mass is 418 g/mol. The highest BCUT2D eigenvalue weighted by Crippen LogP contribution is 2.20. The molecule has 0 fully saturated rings. The second-order valence-electron chi connectivity index (χ2n) is 6.20. The van der Waals surface area contributed by atoms with Crippen molar-refractivity contribution in [1.29, 1.82) is 0 Å². The lowest BCUT2D eigenvalue weighted by atomic mass is 10.2. The van der Waals surface area contributed by atoms with E-state index in [-0.39, 0.29) is 0 Å². The molecule has 1 aromatic carbocycles. The number of benzene rings is 1. The Morgan fingerprint density at radius 1 is 1.18 bits per heavy atom. The fraction of sp³-hybridized carbons (Fsp3) is 0.368. The van der Waals surface area contributed by atoms with Gasteiger partial charge in [0, 0.05) is 48.4 Å². The summed E-state index contributed by atoms with van der Waals surface area (Å²) in [6, 6.07) is 7.38. The highest BCUT2D eigenvalue weighted by Gasteiger charge is 2.09. The van der Waals surface area contributed by atoms with Gasteiger partial charge in [-0.3, -0.25) is 4.99 Å². The number of halogens is 1. The van der Waals surface area contributed by atoms with Crippen LogP contribution in [0, 0.1) is 13.8 Å². The van der Waals surface area contributed by atoms with E-state index in [0.29, 0.717) is 29.7 Å². The Morgan fingerprint density at radius 2 is 1.96 bits per heavy atom. The van der Waals surface area contributed by atoms with Crippen molar-refractivity contribution >= 4 is 28.9 Å². The zero-order valence-electron chi connectivity index (χ0n) is 16.1. The molecule has 0 atom stereocenters. The van der Waals surface area contributed by atoms with E-state index < -0.39 is 0 Å². The van der Waals surface area contributed by atoms with Crippen LogP contribution >= 0.6 is 22.9 Å². The molecule has 0 aliphatic heterocycles. The van der Waals surface area contributed by atoms with Crippen molar-refractivity contribution in [3.8, 4) is 11.4 Å². The number of hydrogen-bond acceptors (Lipinski definition) is 6. The molecule has 0 saturated heterocycles. The number of hydrogen-bond donors (Lipinski definition) is 2.